The van der Waals surface area contributed by atoms with E-state index in [0.29, 0.717) is 5.92 Å². The van der Waals surface area contributed by atoms with Crippen molar-refractivity contribution in [2.45, 2.75) is 142 Å². The average molecular weight is 1360 g/mol. The lowest BCUT2D eigenvalue weighted by atomic mass is 9.29. The molecular formula is C102H93BN2. The molecule has 10 aliphatic rings. The van der Waals surface area contributed by atoms with Gasteiger partial charge in [0.1, 0.15) is 0 Å². The van der Waals surface area contributed by atoms with E-state index in [2.05, 4.69) is 372 Å². The van der Waals surface area contributed by atoms with E-state index in [1.165, 1.54) is 167 Å². The van der Waals surface area contributed by atoms with E-state index >= 15 is 0 Å². The molecule has 2 nitrogen and oxygen atoms in total. The summed E-state index contributed by atoms with van der Waals surface area (Å²) in [6.07, 6.45) is 28.2. The Morgan fingerprint density at radius 3 is 1.55 bits per heavy atom. The van der Waals surface area contributed by atoms with E-state index in [4.69, 9.17) is 0 Å². The van der Waals surface area contributed by atoms with E-state index in [1.54, 1.807) is 0 Å². The zero-order valence-electron chi connectivity index (χ0n) is 63.0. The number of fused-ring (bicyclic) bond motifs is 24. The molecule has 20 rings (SSSR count). The zero-order valence-corrected chi connectivity index (χ0v) is 63.0. The van der Waals surface area contributed by atoms with Crippen molar-refractivity contribution in [1.82, 2.24) is 0 Å². The summed E-state index contributed by atoms with van der Waals surface area (Å²) in [7, 11) is 0. The van der Waals surface area contributed by atoms with Gasteiger partial charge in [0.2, 0.25) is 6.71 Å². The fourth-order valence-electron chi connectivity index (χ4n) is 21.7. The van der Waals surface area contributed by atoms with Crippen molar-refractivity contribution in [2.75, 3.05) is 9.80 Å². The Bertz CT molecular complexity index is 5620. The fourth-order valence-corrected chi connectivity index (χ4v) is 21.7. The highest BCUT2D eigenvalue weighted by atomic mass is 15.2. The molecular weight excluding hydrogens is 1260 g/mol. The van der Waals surface area contributed by atoms with Gasteiger partial charge in [-0.15, -0.1) is 0 Å². The topological polar surface area (TPSA) is 6.48 Å². The van der Waals surface area contributed by atoms with Crippen LogP contribution in [0.4, 0.5) is 11.4 Å². The van der Waals surface area contributed by atoms with Crippen molar-refractivity contribution < 1.29 is 0 Å². The second kappa shape index (κ2) is 22.7. The summed E-state index contributed by atoms with van der Waals surface area (Å²) in [4.78, 5) is 5.72. The fraction of sp³-hybridized carbons (Fsp3) is 0.255. The molecule has 0 saturated carbocycles. The highest BCUT2D eigenvalue weighted by Crippen LogP contribution is 2.69. The number of rotatable bonds is 5. The maximum absolute atomic E-state index is 2.87. The summed E-state index contributed by atoms with van der Waals surface area (Å²) in [6, 6.07) is 86.9. The molecule has 2 heterocycles. The Hall–Kier alpha value is -10.2. The van der Waals surface area contributed by atoms with Crippen molar-refractivity contribution in [3.8, 4) is 55.6 Å². The smallest absolute Gasteiger partial charge is 0.242 e. The van der Waals surface area contributed by atoms with Gasteiger partial charge in [-0.25, -0.2) is 0 Å². The minimum Gasteiger partial charge on any atom is -0.335 e. The molecule has 2 spiro atoms. The molecule has 6 atom stereocenters. The van der Waals surface area contributed by atoms with Gasteiger partial charge in [0.05, 0.1) is 22.9 Å². The Labute approximate surface area is 623 Å². The van der Waals surface area contributed by atoms with E-state index in [-0.39, 0.29) is 52.3 Å². The van der Waals surface area contributed by atoms with E-state index in [0.717, 1.165) is 19.3 Å². The van der Waals surface area contributed by atoms with Gasteiger partial charge in [-0.2, -0.15) is 0 Å². The number of hydrogen-bond donors (Lipinski definition) is 0. The number of nitrogens with zero attached hydrogens (tertiary/aromatic N) is 2. The van der Waals surface area contributed by atoms with Crippen LogP contribution in [-0.4, -0.2) is 18.8 Å². The third-order valence-corrected chi connectivity index (χ3v) is 26.4. The molecule has 0 bridgehead atoms. The van der Waals surface area contributed by atoms with Crippen LogP contribution in [0.25, 0.3) is 61.2 Å². The first-order chi connectivity index (χ1) is 50.6. The highest BCUT2D eigenvalue weighted by molar-refractivity contribution is 6.88. The summed E-state index contributed by atoms with van der Waals surface area (Å²) in [5.74, 6) is 0.784. The van der Waals surface area contributed by atoms with Crippen LogP contribution in [0.3, 0.4) is 0 Å². The predicted molar refractivity (Wildman–Crippen MR) is 443 cm³/mol. The van der Waals surface area contributed by atoms with E-state index in [9.17, 15) is 0 Å². The summed E-state index contributed by atoms with van der Waals surface area (Å²) in [5, 5.41) is 0. The third kappa shape index (κ3) is 9.03. The van der Waals surface area contributed by atoms with Crippen LogP contribution in [0, 0.1) is 22.7 Å². The van der Waals surface area contributed by atoms with Crippen LogP contribution in [0.5, 0.6) is 0 Å². The molecule has 0 saturated heterocycles. The van der Waals surface area contributed by atoms with Crippen molar-refractivity contribution in [3.63, 3.8) is 0 Å². The van der Waals surface area contributed by atoms with Crippen molar-refractivity contribution >= 4 is 29.1 Å². The lowest BCUT2D eigenvalue weighted by Crippen LogP contribution is -2.62. The zero-order chi connectivity index (χ0) is 71.6. The molecule has 105 heavy (non-hydrogen) atoms. The molecule has 0 aromatic heterocycles. The Morgan fingerprint density at radius 2 is 0.952 bits per heavy atom. The van der Waals surface area contributed by atoms with Crippen LogP contribution in [0.2, 0.25) is 0 Å². The van der Waals surface area contributed by atoms with Gasteiger partial charge in [0, 0.05) is 34.6 Å². The number of allylic oxidation sites excluding steroid dienone is 10. The summed E-state index contributed by atoms with van der Waals surface area (Å²) in [6.45, 7) is 28.8. The van der Waals surface area contributed by atoms with Crippen LogP contribution in [0.1, 0.15) is 169 Å². The van der Waals surface area contributed by atoms with Gasteiger partial charge in [-0.05, 0) is 216 Å². The first-order valence-corrected chi connectivity index (χ1v) is 39.0. The van der Waals surface area contributed by atoms with Gasteiger partial charge in [-0.3, -0.25) is 0 Å². The molecule has 0 amide bonds. The minimum atomic E-state index is -0.598. The molecule has 514 valence electrons. The van der Waals surface area contributed by atoms with Gasteiger partial charge in [-0.1, -0.05) is 337 Å². The SMILES string of the molecule is CC(C)(C)C1=CCC2C(=C1)B1C3=C(C=C(c4c(-c5cccc6c5C5(c7ccccc7-c7ccccc75)c5ccccc5-6)cccc4-c4cccc5c4C4(c6ccccc6-5)c5ccccc5C5C=CC=CC54)CC3N(C3=CCC(C(C)(C)C)C=C3)c3ccc(C(C)(C)C)cc31)N2c1ccc(C(C)(C)C)cc1. The molecule has 0 fully saturated rings. The predicted octanol–water partition coefficient (Wildman–Crippen LogP) is 24.5. The lowest BCUT2D eigenvalue weighted by Gasteiger charge is -2.55. The third-order valence-electron chi connectivity index (χ3n) is 26.4. The molecule has 2 aliphatic heterocycles. The molecule has 0 radical (unpaired) electrons. The van der Waals surface area contributed by atoms with Crippen molar-refractivity contribution in [1.29, 1.82) is 0 Å². The summed E-state index contributed by atoms with van der Waals surface area (Å²) in [5.41, 5.74) is 39.6. The molecule has 10 aromatic rings. The Morgan fingerprint density at radius 1 is 0.429 bits per heavy atom. The normalized spacial score (nSPS) is 22.2. The first-order valence-electron chi connectivity index (χ1n) is 39.0. The molecule has 3 heteroatoms. The molecule has 8 aliphatic carbocycles. The van der Waals surface area contributed by atoms with Crippen molar-refractivity contribution in [3.05, 3.63) is 368 Å². The van der Waals surface area contributed by atoms with Crippen LogP contribution >= 0.6 is 0 Å². The minimum absolute atomic E-state index is 0.0222. The van der Waals surface area contributed by atoms with Crippen molar-refractivity contribution in [2.24, 2.45) is 22.7 Å². The van der Waals surface area contributed by atoms with Gasteiger partial charge >= 0.3 is 0 Å². The largest absolute Gasteiger partial charge is 0.335 e. The Kier molecular flexibility index (Phi) is 13.9. The first kappa shape index (κ1) is 64.4. The van der Waals surface area contributed by atoms with E-state index < -0.39 is 10.8 Å². The standard InChI is InChI=1S/C102H93BN2/c1-97(2,3)63-46-52-67(53-47-63)104-89-56-50-65(99(7,8)9)60-87(89)103-88-61-66(100(10,11)12)51-57-90(88)105(68-54-48-64(49-55-68)98(4,5)6)92-59-62(58-91(104)96(92)103)93-75(79-38-26-36-77-73-32-17-23-44-85(73)101(94(77)79)81-40-19-13-28-69(81)70-29-14-20-41-82(70)101)34-25-35-76(93)80-39-27-37-78-74-33-18-24-45-86(74)102(95(78)80)83-42-21-15-30-71(83)72-31-16-22-43-84(72)102/h13-48,50-55,57-58,60-61,64,69,81,89,92H,49,56,59H2,1-12H3. The molecule has 0 N–H and O–H groups in total. The van der Waals surface area contributed by atoms with Gasteiger partial charge in [0.25, 0.3) is 0 Å². The second-order valence-corrected chi connectivity index (χ2v) is 36.1. The maximum Gasteiger partial charge on any atom is 0.242 e. The summed E-state index contributed by atoms with van der Waals surface area (Å²) < 4.78 is 0. The van der Waals surface area contributed by atoms with Crippen LogP contribution < -0.4 is 15.3 Å². The van der Waals surface area contributed by atoms with Gasteiger partial charge < -0.3 is 9.80 Å². The number of benzene rings is 10. The average Bonchev–Trinajstić information content (AvgIpc) is 1.59. The van der Waals surface area contributed by atoms with Crippen LogP contribution in [-0.2, 0) is 21.7 Å². The van der Waals surface area contributed by atoms with E-state index in [1.807, 2.05) is 0 Å². The summed E-state index contributed by atoms with van der Waals surface area (Å²) >= 11 is 0. The second-order valence-electron chi connectivity index (χ2n) is 36.1. The monoisotopic (exact) mass is 1360 g/mol. The number of hydrogen-bond acceptors (Lipinski definition) is 2. The highest BCUT2D eigenvalue weighted by Gasteiger charge is 2.60. The lowest BCUT2D eigenvalue weighted by molar-refractivity contribution is 0.293. The quantitative estimate of drug-likeness (QED) is 0.159. The van der Waals surface area contributed by atoms with Crippen LogP contribution in [0.15, 0.2) is 307 Å². The maximum atomic E-state index is 2.87. The molecule has 10 aromatic carbocycles. The number of anilines is 2. The van der Waals surface area contributed by atoms with Gasteiger partial charge in [0.15, 0.2) is 0 Å². The molecule has 6 unspecified atom stereocenters. The Balaban J connectivity index is 0.933.